The maximum Gasteiger partial charge on any atom is 0.273 e. The van der Waals surface area contributed by atoms with Crippen LogP contribution in [0.15, 0.2) is 73.2 Å². The largest absolute Gasteiger partial charge is 0.497 e. The van der Waals surface area contributed by atoms with Gasteiger partial charge in [-0.1, -0.05) is 24.3 Å². The number of carbonyl (C=O) groups is 1. The topological polar surface area (TPSA) is 77.4 Å². The van der Waals surface area contributed by atoms with Gasteiger partial charge >= 0.3 is 0 Å². The van der Waals surface area contributed by atoms with Crippen molar-refractivity contribution in [3.63, 3.8) is 0 Å². The van der Waals surface area contributed by atoms with Crippen LogP contribution in [0.1, 0.15) is 22.3 Å². The molecule has 0 saturated carbocycles. The first-order valence-electron chi connectivity index (χ1n) is 10.4. The fraction of sp³-hybridized carbons (Fsp3) is 0.200. The number of pyridine rings is 1. The lowest BCUT2D eigenvalue weighted by Gasteiger charge is -2.33. The molecule has 0 aliphatic carbocycles. The molecule has 0 N–H and O–H groups in total. The molecule has 160 valence electrons. The van der Waals surface area contributed by atoms with Crippen LogP contribution in [-0.2, 0) is 4.74 Å². The van der Waals surface area contributed by atoms with Gasteiger partial charge in [0.25, 0.3) is 5.91 Å². The highest BCUT2D eigenvalue weighted by atomic mass is 16.5. The fourth-order valence-electron chi connectivity index (χ4n) is 3.99. The summed E-state index contributed by atoms with van der Waals surface area (Å²) in [7, 11) is 1.63. The summed E-state index contributed by atoms with van der Waals surface area (Å²) in [5, 5.41) is 1.84. The lowest BCUT2D eigenvalue weighted by atomic mass is 10.0. The summed E-state index contributed by atoms with van der Waals surface area (Å²) in [5.41, 5.74) is 2.81. The smallest absolute Gasteiger partial charge is 0.273 e. The molecule has 0 radical (unpaired) electrons. The molecule has 4 aromatic rings. The van der Waals surface area contributed by atoms with Gasteiger partial charge in [0.05, 0.1) is 31.6 Å². The number of benzene rings is 2. The molecule has 7 heteroatoms. The Morgan fingerprint density at radius 3 is 2.66 bits per heavy atom. The number of morpholine rings is 1. The molecule has 0 bridgehead atoms. The van der Waals surface area contributed by atoms with Crippen molar-refractivity contribution in [1.82, 2.24) is 19.9 Å². The molecule has 1 aliphatic heterocycles. The summed E-state index contributed by atoms with van der Waals surface area (Å²) < 4.78 is 11.3. The molecule has 1 atom stereocenters. The van der Waals surface area contributed by atoms with Crippen molar-refractivity contribution in [1.29, 1.82) is 0 Å². The number of carbonyl (C=O) groups excluding carboxylic acids is 1. The second-order valence-corrected chi connectivity index (χ2v) is 7.51. The first kappa shape index (κ1) is 20.1. The van der Waals surface area contributed by atoms with Gasteiger partial charge < -0.3 is 14.4 Å². The minimum Gasteiger partial charge on any atom is -0.497 e. The standard InChI is InChI=1S/C25H22N4O3/c1-31-19-8-6-18(7-9-19)22-24(28-13-12-27-22)21-16-29(14-15-32-21)25(30)23-20-5-3-2-4-17(20)10-11-26-23/h2-13,21H,14-16H2,1H3. The van der Waals surface area contributed by atoms with Crippen LogP contribution in [-0.4, -0.2) is 52.6 Å². The normalized spacial score (nSPS) is 16.2. The molecular weight excluding hydrogens is 404 g/mol. The molecule has 2 aromatic carbocycles. The van der Waals surface area contributed by atoms with Crippen molar-refractivity contribution in [2.24, 2.45) is 0 Å². The Hall–Kier alpha value is -3.84. The van der Waals surface area contributed by atoms with E-state index in [4.69, 9.17) is 9.47 Å². The molecule has 1 aliphatic rings. The van der Waals surface area contributed by atoms with Crippen molar-refractivity contribution in [2.75, 3.05) is 26.8 Å². The minimum absolute atomic E-state index is 0.106. The first-order chi connectivity index (χ1) is 15.7. The van der Waals surface area contributed by atoms with E-state index < -0.39 is 0 Å². The number of methoxy groups -OCH3 is 1. The zero-order valence-electron chi connectivity index (χ0n) is 17.6. The maximum absolute atomic E-state index is 13.4. The van der Waals surface area contributed by atoms with Crippen LogP contribution in [0.4, 0.5) is 0 Å². The van der Waals surface area contributed by atoms with Crippen molar-refractivity contribution in [3.05, 3.63) is 84.6 Å². The molecule has 1 unspecified atom stereocenters. The number of ether oxygens (including phenoxy) is 2. The van der Waals surface area contributed by atoms with Crippen LogP contribution in [0.5, 0.6) is 5.75 Å². The minimum atomic E-state index is -0.381. The predicted molar refractivity (Wildman–Crippen MR) is 120 cm³/mol. The van der Waals surface area contributed by atoms with E-state index in [2.05, 4.69) is 15.0 Å². The second kappa shape index (κ2) is 8.72. The van der Waals surface area contributed by atoms with Crippen LogP contribution < -0.4 is 4.74 Å². The maximum atomic E-state index is 13.4. The van der Waals surface area contributed by atoms with E-state index in [0.717, 1.165) is 27.8 Å². The number of hydrogen-bond donors (Lipinski definition) is 0. The van der Waals surface area contributed by atoms with Crippen LogP contribution in [0.25, 0.3) is 22.0 Å². The van der Waals surface area contributed by atoms with Crippen molar-refractivity contribution in [3.8, 4) is 17.0 Å². The Bertz CT molecular complexity index is 1250. The second-order valence-electron chi connectivity index (χ2n) is 7.51. The number of hydrogen-bond acceptors (Lipinski definition) is 6. The van der Waals surface area contributed by atoms with Crippen molar-refractivity contribution >= 4 is 16.7 Å². The molecule has 1 fully saturated rings. The Kier molecular flexibility index (Phi) is 5.47. The molecule has 2 aromatic heterocycles. The number of fused-ring (bicyclic) bond motifs is 1. The summed E-state index contributed by atoms with van der Waals surface area (Å²) in [5.74, 6) is 0.664. The van der Waals surface area contributed by atoms with E-state index in [9.17, 15) is 4.79 Å². The van der Waals surface area contributed by atoms with Gasteiger partial charge in [-0.25, -0.2) is 0 Å². The van der Waals surface area contributed by atoms with E-state index in [1.807, 2.05) is 54.6 Å². The number of aromatic nitrogens is 3. The average Bonchev–Trinajstić information content (AvgIpc) is 2.88. The quantitative estimate of drug-likeness (QED) is 0.492. The summed E-state index contributed by atoms with van der Waals surface area (Å²) in [6.45, 7) is 1.30. The molecule has 1 saturated heterocycles. The Labute approximate surface area is 185 Å². The van der Waals surface area contributed by atoms with Crippen molar-refractivity contribution < 1.29 is 14.3 Å². The van der Waals surface area contributed by atoms with E-state index in [1.165, 1.54) is 0 Å². The van der Waals surface area contributed by atoms with Gasteiger partial charge in [-0.15, -0.1) is 0 Å². The van der Waals surface area contributed by atoms with Gasteiger partial charge in [-0.2, -0.15) is 0 Å². The third-order valence-corrected chi connectivity index (χ3v) is 5.62. The molecule has 5 rings (SSSR count). The highest BCUT2D eigenvalue weighted by molar-refractivity contribution is 6.05. The van der Waals surface area contributed by atoms with E-state index in [1.54, 1.807) is 30.6 Å². The monoisotopic (exact) mass is 426 g/mol. The molecule has 0 spiro atoms. The zero-order chi connectivity index (χ0) is 21.9. The molecule has 7 nitrogen and oxygen atoms in total. The van der Waals surface area contributed by atoms with Gasteiger partial charge in [0.2, 0.25) is 0 Å². The number of nitrogens with zero attached hydrogens (tertiary/aromatic N) is 4. The lowest BCUT2D eigenvalue weighted by Crippen LogP contribution is -2.43. The van der Waals surface area contributed by atoms with Crippen LogP contribution in [0.3, 0.4) is 0 Å². The Morgan fingerprint density at radius 1 is 1.00 bits per heavy atom. The Balaban J connectivity index is 1.44. The van der Waals surface area contributed by atoms with Gasteiger partial charge in [0.1, 0.15) is 17.5 Å². The highest BCUT2D eigenvalue weighted by Crippen LogP contribution is 2.30. The number of rotatable bonds is 4. The van der Waals surface area contributed by atoms with Gasteiger partial charge in [-0.05, 0) is 35.7 Å². The predicted octanol–water partition coefficient (Wildman–Crippen LogP) is 3.91. The molecule has 3 heterocycles. The lowest BCUT2D eigenvalue weighted by molar-refractivity contribution is -0.0247. The van der Waals surface area contributed by atoms with E-state index in [-0.39, 0.29) is 12.0 Å². The van der Waals surface area contributed by atoms with Gasteiger partial charge in [-0.3, -0.25) is 19.7 Å². The molecular formula is C25H22N4O3. The zero-order valence-corrected chi connectivity index (χ0v) is 17.6. The van der Waals surface area contributed by atoms with Crippen molar-refractivity contribution in [2.45, 2.75) is 6.10 Å². The highest BCUT2D eigenvalue weighted by Gasteiger charge is 2.30. The Morgan fingerprint density at radius 2 is 1.81 bits per heavy atom. The van der Waals surface area contributed by atoms with Crippen LogP contribution in [0.2, 0.25) is 0 Å². The SMILES string of the molecule is COc1ccc(-c2nccnc2C2CN(C(=O)c3nccc4ccccc34)CCO2)cc1. The molecule has 1 amide bonds. The van der Waals surface area contributed by atoms with E-state index in [0.29, 0.717) is 31.1 Å². The summed E-state index contributed by atoms with van der Waals surface area (Å²) in [4.78, 5) is 28.7. The first-order valence-corrected chi connectivity index (χ1v) is 10.4. The van der Waals surface area contributed by atoms with E-state index >= 15 is 0 Å². The van der Waals surface area contributed by atoms with Crippen LogP contribution >= 0.6 is 0 Å². The average molecular weight is 426 g/mol. The van der Waals surface area contributed by atoms with Gasteiger partial charge in [0.15, 0.2) is 0 Å². The third-order valence-electron chi connectivity index (χ3n) is 5.62. The summed E-state index contributed by atoms with van der Waals surface area (Å²) in [6.07, 6.45) is 4.61. The van der Waals surface area contributed by atoms with Crippen LogP contribution in [0, 0.1) is 0 Å². The number of amides is 1. The van der Waals surface area contributed by atoms with Gasteiger partial charge in [0, 0.05) is 36.1 Å². The fourth-order valence-corrected chi connectivity index (χ4v) is 3.99. The molecule has 32 heavy (non-hydrogen) atoms. The summed E-state index contributed by atoms with van der Waals surface area (Å²) in [6, 6.07) is 17.4. The third kappa shape index (κ3) is 3.78. The summed E-state index contributed by atoms with van der Waals surface area (Å²) >= 11 is 0.